The molecule has 28 heavy (non-hydrogen) atoms. The Kier molecular flexibility index (Phi) is 4.84. The van der Waals surface area contributed by atoms with Crippen LogP contribution in [-0.2, 0) is 17.1 Å². The Hall–Kier alpha value is -2.46. The smallest absolute Gasteiger partial charge is 0.263 e. The minimum atomic E-state index is -3.93. The number of carbonyl (C=O) groups is 1. The summed E-state index contributed by atoms with van der Waals surface area (Å²) in [5.41, 5.74) is 0.521. The number of benzene rings is 1. The van der Waals surface area contributed by atoms with Crippen LogP contribution in [0.3, 0.4) is 0 Å². The van der Waals surface area contributed by atoms with Gasteiger partial charge in [-0.3, -0.25) is 9.48 Å². The summed E-state index contributed by atoms with van der Waals surface area (Å²) in [7, 11) is -2.34. The number of hydrogen-bond donors (Lipinski definition) is 1. The van der Waals surface area contributed by atoms with E-state index in [1.165, 1.54) is 21.3 Å². The van der Waals surface area contributed by atoms with Crippen LogP contribution in [0.25, 0.3) is 0 Å². The minimum absolute atomic E-state index is 0.0610. The molecule has 1 saturated carbocycles. The lowest BCUT2D eigenvalue weighted by Crippen LogP contribution is -2.49. The van der Waals surface area contributed by atoms with Crippen molar-refractivity contribution in [3.05, 3.63) is 41.8 Å². The molecule has 1 aliphatic heterocycles. The zero-order valence-electron chi connectivity index (χ0n) is 15.5. The highest BCUT2D eigenvalue weighted by Gasteiger charge is 2.36. The second kappa shape index (κ2) is 7.17. The molecule has 0 atom stereocenters. The van der Waals surface area contributed by atoms with E-state index in [-0.39, 0.29) is 35.5 Å². The lowest BCUT2D eigenvalue weighted by molar-refractivity contribution is 0.0947. The summed E-state index contributed by atoms with van der Waals surface area (Å²) < 4.78 is 42.9. The molecule has 8 nitrogen and oxygen atoms in total. The first-order valence-electron chi connectivity index (χ1n) is 9.20. The molecule has 1 N–H and O–H groups in total. The van der Waals surface area contributed by atoms with Gasteiger partial charge in [0.2, 0.25) is 5.03 Å². The number of piperazine rings is 1. The van der Waals surface area contributed by atoms with Crippen LogP contribution in [0.15, 0.2) is 35.5 Å². The topological polar surface area (TPSA) is 87.5 Å². The third kappa shape index (κ3) is 3.61. The second-order valence-electron chi connectivity index (χ2n) is 7.11. The number of nitrogens with zero attached hydrogens (tertiary/aromatic N) is 4. The summed E-state index contributed by atoms with van der Waals surface area (Å²) >= 11 is 0. The monoisotopic (exact) mass is 407 g/mol. The maximum atomic E-state index is 14.0. The molecule has 0 bridgehead atoms. The van der Waals surface area contributed by atoms with Gasteiger partial charge in [-0.05, 0) is 25.0 Å². The Morgan fingerprint density at radius 3 is 2.50 bits per heavy atom. The molecule has 4 rings (SSSR count). The molecule has 1 aliphatic carbocycles. The van der Waals surface area contributed by atoms with E-state index in [9.17, 15) is 17.6 Å². The van der Waals surface area contributed by atoms with E-state index >= 15 is 0 Å². The maximum Gasteiger partial charge on any atom is 0.263 e. The van der Waals surface area contributed by atoms with E-state index in [0.717, 1.165) is 12.8 Å². The van der Waals surface area contributed by atoms with Gasteiger partial charge in [-0.25, -0.2) is 12.8 Å². The van der Waals surface area contributed by atoms with Gasteiger partial charge in [0.15, 0.2) is 0 Å². The van der Waals surface area contributed by atoms with E-state index in [4.69, 9.17) is 0 Å². The summed E-state index contributed by atoms with van der Waals surface area (Å²) in [6.07, 6.45) is 3.25. The summed E-state index contributed by atoms with van der Waals surface area (Å²) in [6, 6.07) is 6.55. The first kappa shape index (κ1) is 18.9. The van der Waals surface area contributed by atoms with Crippen LogP contribution in [0.2, 0.25) is 0 Å². The molecule has 1 saturated heterocycles. The number of carbonyl (C=O) groups excluding carboxylic acids is 1. The van der Waals surface area contributed by atoms with Crippen molar-refractivity contribution in [2.45, 2.75) is 23.9 Å². The molecular formula is C18H22FN5O3S. The summed E-state index contributed by atoms with van der Waals surface area (Å²) in [4.78, 5) is 14.3. The Bertz CT molecular complexity index is 994. The molecule has 150 valence electrons. The van der Waals surface area contributed by atoms with Crippen molar-refractivity contribution in [3.63, 3.8) is 0 Å². The number of rotatable bonds is 5. The van der Waals surface area contributed by atoms with Crippen LogP contribution in [0.5, 0.6) is 0 Å². The van der Waals surface area contributed by atoms with E-state index in [1.54, 1.807) is 25.2 Å². The van der Waals surface area contributed by atoms with Crippen LogP contribution < -0.4 is 10.2 Å². The predicted octanol–water partition coefficient (Wildman–Crippen LogP) is 0.962. The lowest BCUT2D eigenvalue weighted by Gasteiger charge is -2.35. The van der Waals surface area contributed by atoms with Gasteiger partial charge in [-0.1, -0.05) is 12.1 Å². The highest BCUT2D eigenvalue weighted by atomic mass is 32.2. The van der Waals surface area contributed by atoms with Gasteiger partial charge in [-0.15, -0.1) is 0 Å². The van der Waals surface area contributed by atoms with Crippen molar-refractivity contribution in [1.29, 1.82) is 0 Å². The van der Waals surface area contributed by atoms with Crippen LogP contribution >= 0.6 is 0 Å². The largest absolute Gasteiger partial charge is 0.367 e. The van der Waals surface area contributed by atoms with Crippen molar-refractivity contribution in [2.24, 2.45) is 7.05 Å². The fourth-order valence-electron chi connectivity index (χ4n) is 3.30. The fourth-order valence-corrected chi connectivity index (χ4v) is 4.85. The lowest BCUT2D eigenvalue weighted by atomic mass is 10.2. The Labute approximate surface area is 163 Å². The number of halogens is 1. The Morgan fingerprint density at radius 1 is 1.18 bits per heavy atom. The van der Waals surface area contributed by atoms with Crippen LogP contribution in [0.4, 0.5) is 10.1 Å². The number of sulfonamides is 1. The van der Waals surface area contributed by atoms with Crippen LogP contribution in [0, 0.1) is 5.82 Å². The molecule has 10 heteroatoms. The van der Waals surface area contributed by atoms with E-state index in [0.29, 0.717) is 18.8 Å². The zero-order valence-corrected chi connectivity index (χ0v) is 16.3. The zero-order chi connectivity index (χ0) is 19.9. The number of aryl methyl sites for hydroxylation is 1. The molecule has 2 aliphatic rings. The van der Waals surface area contributed by atoms with Gasteiger partial charge in [0, 0.05) is 45.5 Å². The third-order valence-corrected chi connectivity index (χ3v) is 6.80. The molecule has 0 unspecified atom stereocenters. The van der Waals surface area contributed by atoms with Gasteiger partial charge in [0.25, 0.3) is 15.9 Å². The molecular weight excluding hydrogens is 385 g/mol. The standard InChI is InChI=1S/C18H22FN5O3S/c1-22-12-14(17(25)20-13-6-7-13)18(21-22)28(26,27)24-10-8-23(9-11-24)16-5-3-2-4-15(16)19/h2-5,12-13H,6-11H2,1H3,(H,20,25). The average Bonchev–Trinajstić information content (AvgIpc) is 3.40. The van der Waals surface area contributed by atoms with E-state index in [2.05, 4.69) is 10.4 Å². The maximum absolute atomic E-state index is 14.0. The Balaban J connectivity index is 1.52. The first-order chi connectivity index (χ1) is 13.4. The number of para-hydroxylation sites is 1. The Morgan fingerprint density at radius 2 is 1.86 bits per heavy atom. The molecule has 1 aromatic heterocycles. The number of nitrogens with one attached hydrogen (secondary N) is 1. The molecule has 1 amide bonds. The number of aromatic nitrogens is 2. The predicted molar refractivity (Wildman–Crippen MR) is 101 cm³/mol. The molecule has 0 spiro atoms. The van der Waals surface area contributed by atoms with Crippen LogP contribution in [0.1, 0.15) is 23.2 Å². The van der Waals surface area contributed by atoms with Crippen molar-refractivity contribution < 1.29 is 17.6 Å². The highest BCUT2D eigenvalue weighted by Crippen LogP contribution is 2.25. The summed E-state index contributed by atoms with van der Waals surface area (Å²) in [5, 5.41) is 6.63. The molecule has 1 aromatic carbocycles. The number of anilines is 1. The molecule has 2 fully saturated rings. The summed E-state index contributed by atoms with van der Waals surface area (Å²) in [6.45, 7) is 1.10. The van der Waals surface area contributed by atoms with Gasteiger partial charge >= 0.3 is 0 Å². The average molecular weight is 407 g/mol. The molecule has 2 aromatic rings. The SMILES string of the molecule is Cn1cc(C(=O)NC2CC2)c(S(=O)(=O)N2CCN(c3ccccc3F)CC2)n1. The highest BCUT2D eigenvalue weighted by molar-refractivity contribution is 7.89. The van der Waals surface area contributed by atoms with Crippen molar-refractivity contribution >= 4 is 21.6 Å². The molecule has 2 heterocycles. The van der Waals surface area contributed by atoms with Gasteiger partial charge in [0.1, 0.15) is 5.82 Å². The normalized spacial score (nSPS) is 18.3. The minimum Gasteiger partial charge on any atom is -0.367 e. The van der Waals surface area contributed by atoms with Gasteiger partial charge in [0.05, 0.1) is 11.3 Å². The van der Waals surface area contributed by atoms with Crippen LogP contribution in [-0.4, -0.2) is 60.6 Å². The molecule has 0 radical (unpaired) electrons. The number of hydrogen-bond acceptors (Lipinski definition) is 5. The van der Waals surface area contributed by atoms with Crippen molar-refractivity contribution in [1.82, 2.24) is 19.4 Å². The summed E-state index contributed by atoms with van der Waals surface area (Å²) in [5.74, 6) is -0.748. The number of amides is 1. The van der Waals surface area contributed by atoms with Crippen molar-refractivity contribution in [3.8, 4) is 0 Å². The second-order valence-corrected chi connectivity index (χ2v) is 8.97. The first-order valence-corrected chi connectivity index (χ1v) is 10.6. The quantitative estimate of drug-likeness (QED) is 0.798. The van der Waals surface area contributed by atoms with E-state index in [1.807, 2.05) is 4.90 Å². The fraction of sp³-hybridized carbons (Fsp3) is 0.444. The van der Waals surface area contributed by atoms with Crippen molar-refractivity contribution in [2.75, 3.05) is 31.1 Å². The third-order valence-electron chi connectivity index (χ3n) is 4.97. The van der Waals surface area contributed by atoms with Gasteiger partial charge in [-0.2, -0.15) is 9.40 Å². The van der Waals surface area contributed by atoms with Gasteiger partial charge < -0.3 is 10.2 Å². The van der Waals surface area contributed by atoms with E-state index < -0.39 is 15.9 Å².